The smallest absolute Gasteiger partial charge is 0.337 e. The monoisotopic (exact) mass is 226 g/mol. The second-order valence-electron chi connectivity index (χ2n) is 3.16. The van der Waals surface area contributed by atoms with E-state index in [-0.39, 0.29) is 11.3 Å². The predicted molar refractivity (Wildman–Crippen MR) is 56.1 cm³/mol. The van der Waals surface area contributed by atoms with E-state index < -0.39 is 5.97 Å². The first-order chi connectivity index (χ1) is 7.18. The molecule has 1 aromatic heterocycles. The summed E-state index contributed by atoms with van der Waals surface area (Å²) >= 11 is 1.46. The molecule has 0 spiro atoms. The maximum Gasteiger partial charge on any atom is 0.337 e. The molecule has 0 amide bonds. The van der Waals surface area contributed by atoms with Crippen molar-refractivity contribution in [2.45, 2.75) is 10.3 Å². The molecule has 6 heteroatoms. The number of carbonyl (C=O) groups is 1. The molecule has 0 saturated carbocycles. The number of aromatic carboxylic acids is 1. The molecular formula is C9H10N2O3S. The van der Waals surface area contributed by atoms with Gasteiger partial charge in [0.15, 0.2) is 0 Å². The molecule has 0 unspecified atom stereocenters. The minimum Gasteiger partial charge on any atom is -0.478 e. The number of pyridine rings is 1. The van der Waals surface area contributed by atoms with Gasteiger partial charge in [-0.3, -0.25) is 0 Å². The fourth-order valence-corrected chi connectivity index (χ4v) is 2.18. The molecular weight excluding hydrogens is 216 g/mol. The average Bonchev–Trinajstić information content (AvgIpc) is 2.13. The third-order valence-corrected chi connectivity index (χ3v) is 3.22. The van der Waals surface area contributed by atoms with Crippen LogP contribution in [0.15, 0.2) is 17.3 Å². The van der Waals surface area contributed by atoms with Crippen molar-refractivity contribution in [2.75, 3.05) is 18.9 Å². The summed E-state index contributed by atoms with van der Waals surface area (Å²) < 4.78 is 5.02. The van der Waals surface area contributed by atoms with E-state index in [4.69, 9.17) is 15.6 Å². The molecule has 1 fully saturated rings. The molecule has 3 N–H and O–H groups in total. The number of nitrogens with two attached hydrogens (primary N) is 1. The summed E-state index contributed by atoms with van der Waals surface area (Å²) in [6, 6.07) is 1.40. The van der Waals surface area contributed by atoms with Crippen LogP contribution in [0.1, 0.15) is 10.4 Å². The Labute approximate surface area is 90.6 Å². The molecule has 2 rings (SSSR count). The fourth-order valence-electron chi connectivity index (χ4n) is 1.17. The molecule has 0 bridgehead atoms. The second kappa shape index (κ2) is 4.08. The minimum atomic E-state index is -1.03. The van der Waals surface area contributed by atoms with Crippen molar-refractivity contribution in [3.8, 4) is 0 Å². The van der Waals surface area contributed by atoms with E-state index in [1.165, 1.54) is 24.0 Å². The number of aromatic nitrogens is 1. The van der Waals surface area contributed by atoms with Gasteiger partial charge < -0.3 is 15.6 Å². The van der Waals surface area contributed by atoms with Crippen LogP contribution in [0.5, 0.6) is 0 Å². The highest BCUT2D eigenvalue weighted by Gasteiger charge is 2.22. The summed E-state index contributed by atoms with van der Waals surface area (Å²) in [6.07, 6.45) is 1.46. The van der Waals surface area contributed by atoms with Gasteiger partial charge in [0.2, 0.25) is 0 Å². The zero-order chi connectivity index (χ0) is 10.8. The van der Waals surface area contributed by atoms with Crippen molar-refractivity contribution in [1.82, 2.24) is 4.98 Å². The van der Waals surface area contributed by atoms with Crippen LogP contribution in [-0.2, 0) is 4.74 Å². The molecule has 2 heterocycles. The maximum absolute atomic E-state index is 10.8. The zero-order valence-electron chi connectivity index (χ0n) is 7.84. The first kappa shape index (κ1) is 10.3. The highest BCUT2D eigenvalue weighted by Crippen LogP contribution is 2.31. The highest BCUT2D eigenvalue weighted by atomic mass is 32.2. The lowest BCUT2D eigenvalue weighted by atomic mass is 10.2. The van der Waals surface area contributed by atoms with Gasteiger partial charge in [0.1, 0.15) is 5.03 Å². The lowest BCUT2D eigenvalue weighted by Gasteiger charge is -2.25. The van der Waals surface area contributed by atoms with Gasteiger partial charge in [0.25, 0.3) is 0 Å². The van der Waals surface area contributed by atoms with E-state index in [2.05, 4.69) is 4.98 Å². The summed E-state index contributed by atoms with van der Waals surface area (Å²) in [5.41, 5.74) is 6.05. The second-order valence-corrected chi connectivity index (χ2v) is 4.45. The van der Waals surface area contributed by atoms with E-state index in [9.17, 15) is 4.79 Å². The third-order valence-electron chi connectivity index (χ3n) is 2.07. The van der Waals surface area contributed by atoms with Crippen molar-refractivity contribution in [1.29, 1.82) is 0 Å². The number of carboxylic acids is 1. The number of anilines is 1. The number of nitrogens with zero attached hydrogens (tertiary/aromatic N) is 1. The van der Waals surface area contributed by atoms with Crippen LogP contribution in [0, 0.1) is 0 Å². The summed E-state index contributed by atoms with van der Waals surface area (Å²) in [7, 11) is 0. The van der Waals surface area contributed by atoms with Gasteiger partial charge in [0.05, 0.1) is 29.7 Å². The fraction of sp³-hybridized carbons (Fsp3) is 0.333. The minimum absolute atomic E-state index is 0.104. The molecule has 5 nitrogen and oxygen atoms in total. The van der Waals surface area contributed by atoms with Crippen molar-refractivity contribution in [3.63, 3.8) is 0 Å². The summed E-state index contributed by atoms with van der Waals surface area (Å²) in [5.74, 6) is -1.03. The zero-order valence-corrected chi connectivity index (χ0v) is 8.66. The molecule has 80 valence electrons. The topological polar surface area (TPSA) is 85.4 Å². The Kier molecular flexibility index (Phi) is 2.79. The van der Waals surface area contributed by atoms with E-state index in [0.29, 0.717) is 23.5 Å². The normalized spacial score (nSPS) is 16.0. The molecule has 1 aromatic rings. The number of hydrogen-bond acceptors (Lipinski definition) is 5. The van der Waals surface area contributed by atoms with E-state index >= 15 is 0 Å². The standard InChI is InChI=1S/C9H10N2O3S/c10-7-6(9(12)13)1-2-11-8(7)15-5-3-14-4-5/h1-2,5H,3-4,10H2,(H,12,13). The Balaban J connectivity index is 2.22. The van der Waals surface area contributed by atoms with Gasteiger partial charge in [-0.2, -0.15) is 0 Å². The molecule has 1 saturated heterocycles. The highest BCUT2D eigenvalue weighted by molar-refractivity contribution is 8.00. The van der Waals surface area contributed by atoms with Crippen LogP contribution in [0.4, 0.5) is 5.69 Å². The quantitative estimate of drug-likeness (QED) is 0.794. The van der Waals surface area contributed by atoms with Crippen molar-refractivity contribution in [3.05, 3.63) is 17.8 Å². The lowest BCUT2D eigenvalue weighted by Crippen LogP contribution is -2.30. The van der Waals surface area contributed by atoms with Gasteiger partial charge in [0, 0.05) is 6.20 Å². The third kappa shape index (κ3) is 2.05. The van der Waals surface area contributed by atoms with Gasteiger partial charge in [-0.05, 0) is 6.07 Å². The van der Waals surface area contributed by atoms with E-state index in [1.54, 1.807) is 0 Å². The molecule has 0 atom stereocenters. The summed E-state index contributed by atoms with van der Waals surface area (Å²) in [4.78, 5) is 14.9. The van der Waals surface area contributed by atoms with Crippen LogP contribution in [-0.4, -0.2) is 34.5 Å². The molecule has 0 aromatic carbocycles. The van der Waals surface area contributed by atoms with E-state index in [0.717, 1.165) is 0 Å². The largest absolute Gasteiger partial charge is 0.478 e. The van der Waals surface area contributed by atoms with Crippen LogP contribution >= 0.6 is 11.8 Å². The Bertz CT molecular complexity index is 393. The Hall–Kier alpha value is -1.27. The number of thioether (sulfide) groups is 1. The number of nitrogen functional groups attached to an aromatic ring is 1. The van der Waals surface area contributed by atoms with Crippen LogP contribution in [0.2, 0.25) is 0 Å². The van der Waals surface area contributed by atoms with Crippen molar-refractivity contribution in [2.24, 2.45) is 0 Å². The van der Waals surface area contributed by atoms with Crippen LogP contribution in [0.3, 0.4) is 0 Å². The summed E-state index contributed by atoms with van der Waals surface area (Å²) in [5, 5.41) is 9.76. The molecule has 1 aliphatic heterocycles. The predicted octanol–water partition coefficient (Wildman–Crippen LogP) is 0.853. The van der Waals surface area contributed by atoms with Gasteiger partial charge >= 0.3 is 5.97 Å². The number of ether oxygens (including phenoxy) is 1. The Morgan fingerprint density at radius 2 is 2.40 bits per heavy atom. The first-order valence-electron chi connectivity index (χ1n) is 4.40. The average molecular weight is 226 g/mol. The first-order valence-corrected chi connectivity index (χ1v) is 5.28. The van der Waals surface area contributed by atoms with Crippen LogP contribution in [0.25, 0.3) is 0 Å². The number of carboxylic acid groups (broad SMARTS) is 1. The summed E-state index contributed by atoms with van der Waals surface area (Å²) in [6.45, 7) is 1.34. The number of rotatable bonds is 3. The van der Waals surface area contributed by atoms with Gasteiger partial charge in [-0.15, -0.1) is 0 Å². The molecule has 15 heavy (non-hydrogen) atoms. The molecule has 0 radical (unpaired) electrons. The Morgan fingerprint density at radius 1 is 1.67 bits per heavy atom. The van der Waals surface area contributed by atoms with Crippen molar-refractivity contribution < 1.29 is 14.6 Å². The SMILES string of the molecule is Nc1c(C(=O)O)ccnc1SC1COC1. The van der Waals surface area contributed by atoms with Crippen molar-refractivity contribution >= 4 is 23.4 Å². The van der Waals surface area contributed by atoms with E-state index in [1.807, 2.05) is 0 Å². The molecule has 1 aliphatic rings. The Morgan fingerprint density at radius 3 is 2.93 bits per heavy atom. The van der Waals surface area contributed by atoms with Crippen LogP contribution < -0.4 is 5.73 Å². The van der Waals surface area contributed by atoms with Gasteiger partial charge in [-0.1, -0.05) is 11.8 Å². The van der Waals surface area contributed by atoms with Gasteiger partial charge in [-0.25, -0.2) is 9.78 Å². The molecule has 0 aliphatic carbocycles. The lowest BCUT2D eigenvalue weighted by molar-refractivity contribution is 0.0455. The maximum atomic E-state index is 10.8. The number of hydrogen-bond donors (Lipinski definition) is 2.